The number of nitrogens with zero attached hydrogens (tertiary/aromatic N) is 3. The first-order valence-corrected chi connectivity index (χ1v) is 8.65. The third-order valence-electron chi connectivity index (χ3n) is 3.66. The number of aliphatic imine (C=N–C) groups is 1. The van der Waals surface area contributed by atoms with E-state index in [-0.39, 0.29) is 30.6 Å². The molecule has 0 radical (unpaired) electrons. The topological polar surface area (TPSA) is 74.5 Å². The molecule has 1 rings (SSSR count). The van der Waals surface area contributed by atoms with E-state index in [1.807, 2.05) is 24.1 Å². The van der Waals surface area contributed by atoms with Gasteiger partial charge >= 0.3 is 0 Å². The molecule has 3 N–H and O–H groups in total. The largest absolute Gasteiger partial charge is 0.396 e. The zero-order valence-corrected chi connectivity index (χ0v) is 17.8. The van der Waals surface area contributed by atoms with Crippen LogP contribution < -0.4 is 10.6 Å². The molecule has 0 aromatic carbocycles. The van der Waals surface area contributed by atoms with Crippen LogP contribution in [0.3, 0.4) is 0 Å². The number of guanidine groups is 1. The van der Waals surface area contributed by atoms with Crippen molar-refractivity contribution in [1.29, 1.82) is 0 Å². The maximum Gasteiger partial charge on any atom is 0.191 e. The molecule has 1 unspecified atom stereocenters. The Morgan fingerprint density at radius 1 is 1.38 bits per heavy atom. The summed E-state index contributed by atoms with van der Waals surface area (Å²) >= 11 is 0. The number of hydrogen-bond donors (Lipinski definition) is 3. The van der Waals surface area contributed by atoms with Gasteiger partial charge in [0.2, 0.25) is 0 Å². The van der Waals surface area contributed by atoms with Gasteiger partial charge in [-0.25, -0.2) is 0 Å². The Bertz CT molecular complexity index is 462. The summed E-state index contributed by atoms with van der Waals surface area (Å²) in [6, 6.07) is 0. The minimum atomic E-state index is 0. The molecule has 0 aliphatic heterocycles. The van der Waals surface area contributed by atoms with E-state index in [2.05, 4.69) is 41.5 Å². The van der Waals surface area contributed by atoms with Crippen LogP contribution in [0.4, 0.5) is 0 Å². The van der Waals surface area contributed by atoms with Crippen molar-refractivity contribution < 1.29 is 5.11 Å². The molecule has 1 aromatic rings. The molecule has 0 aliphatic carbocycles. The second-order valence-corrected chi connectivity index (χ2v) is 6.43. The molecule has 140 valence electrons. The Kier molecular flexibility index (Phi) is 13.0. The highest BCUT2D eigenvalue weighted by atomic mass is 127. The Hall–Kier alpha value is -0.830. The van der Waals surface area contributed by atoms with Gasteiger partial charge in [-0.1, -0.05) is 13.8 Å². The van der Waals surface area contributed by atoms with Crippen LogP contribution in [0.25, 0.3) is 0 Å². The van der Waals surface area contributed by atoms with Gasteiger partial charge in [0.05, 0.1) is 6.20 Å². The van der Waals surface area contributed by atoms with Crippen molar-refractivity contribution in [1.82, 2.24) is 20.4 Å². The Morgan fingerprint density at radius 3 is 2.67 bits per heavy atom. The van der Waals surface area contributed by atoms with Crippen molar-refractivity contribution in [3.05, 3.63) is 18.0 Å². The van der Waals surface area contributed by atoms with Crippen LogP contribution in [0.1, 0.15) is 39.2 Å². The molecule has 0 amide bonds. The molecule has 0 aliphatic rings. The van der Waals surface area contributed by atoms with Gasteiger partial charge in [-0.2, -0.15) is 5.10 Å². The lowest BCUT2D eigenvalue weighted by atomic mass is 9.94. The SMILES string of the molecule is CCNC(=NCC(CCO)CC(C)C)NCCc1cnn(C)c1.I. The number of halogens is 1. The molecular formula is C17H34IN5O. The van der Waals surface area contributed by atoms with E-state index >= 15 is 0 Å². The fourth-order valence-corrected chi connectivity index (χ4v) is 2.62. The van der Waals surface area contributed by atoms with Crippen LogP contribution in [0.2, 0.25) is 0 Å². The second-order valence-electron chi connectivity index (χ2n) is 6.43. The first kappa shape index (κ1) is 23.2. The standard InChI is InChI=1S/C17H33N5O.HI/c1-5-18-17(19-8-6-16-12-21-22(4)13-16)20-11-15(7-9-23)10-14(2)3;/h12-15,23H,5-11H2,1-4H3,(H2,18,19,20);1H. The average molecular weight is 451 g/mol. The molecule has 0 saturated heterocycles. The third kappa shape index (κ3) is 10.1. The average Bonchev–Trinajstić information content (AvgIpc) is 2.89. The van der Waals surface area contributed by atoms with Crippen molar-refractivity contribution in [3.8, 4) is 0 Å². The molecular weight excluding hydrogens is 417 g/mol. The fraction of sp³-hybridized carbons (Fsp3) is 0.765. The molecule has 1 heterocycles. The predicted molar refractivity (Wildman–Crippen MR) is 111 cm³/mol. The Morgan fingerprint density at radius 2 is 2.12 bits per heavy atom. The van der Waals surface area contributed by atoms with Gasteiger partial charge in [0.25, 0.3) is 0 Å². The van der Waals surface area contributed by atoms with E-state index in [1.165, 1.54) is 5.56 Å². The summed E-state index contributed by atoms with van der Waals surface area (Å²) in [6.07, 6.45) is 6.76. The van der Waals surface area contributed by atoms with Crippen LogP contribution >= 0.6 is 24.0 Å². The van der Waals surface area contributed by atoms with Crippen LogP contribution in [-0.4, -0.2) is 47.1 Å². The number of aryl methyl sites for hydroxylation is 1. The van der Waals surface area contributed by atoms with Crippen LogP contribution in [0.5, 0.6) is 0 Å². The van der Waals surface area contributed by atoms with Crippen LogP contribution in [0.15, 0.2) is 17.4 Å². The van der Waals surface area contributed by atoms with E-state index in [0.717, 1.165) is 44.9 Å². The fourth-order valence-electron chi connectivity index (χ4n) is 2.62. The molecule has 1 aromatic heterocycles. The summed E-state index contributed by atoms with van der Waals surface area (Å²) in [4.78, 5) is 4.68. The van der Waals surface area contributed by atoms with E-state index < -0.39 is 0 Å². The van der Waals surface area contributed by atoms with Gasteiger partial charge in [0.15, 0.2) is 5.96 Å². The van der Waals surface area contributed by atoms with Crippen LogP contribution in [0, 0.1) is 11.8 Å². The lowest BCUT2D eigenvalue weighted by molar-refractivity contribution is 0.245. The van der Waals surface area contributed by atoms with Crippen molar-refractivity contribution >= 4 is 29.9 Å². The number of aliphatic hydroxyl groups is 1. The number of hydrogen-bond acceptors (Lipinski definition) is 3. The van der Waals surface area contributed by atoms with E-state index in [0.29, 0.717) is 11.8 Å². The summed E-state index contributed by atoms with van der Waals surface area (Å²) in [5, 5.41) is 20.0. The monoisotopic (exact) mass is 451 g/mol. The highest BCUT2D eigenvalue weighted by molar-refractivity contribution is 14.0. The van der Waals surface area contributed by atoms with E-state index in [9.17, 15) is 5.11 Å². The van der Waals surface area contributed by atoms with Gasteiger partial charge < -0.3 is 15.7 Å². The molecule has 7 heteroatoms. The van der Waals surface area contributed by atoms with Crippen molar-refractivity contribution in [2.45, 2.75) is 40.0 Å². The maximum absolute atomic E-state index is 9.20. The number of rotatable bonds is 10. The Balaban J connectivity index is 0.00000529. The summed E-state index contributed by atoms with van der Waals surface area (Å²) in [6.45, 7) is 9.15. The predicted octanol–water partition coefficient (Wildman–Crippen LogP) is 2.18. The number of aromatic nitrogens is 2. The number of nitrogens with one attached hydrogen (secondary N) is 2. The first-order chi connectivity index (χ1) is 11.0. The highest BCUT2D eigenvalue weighted by Gasteiger charge is 2.10. The summed E-state index contributed by atoms with van der Waals surface area (Å²) in [5.41, 5.74) is 1.22. The van der Waals surface area contributed by atoms with Crippen molar-refractivity contribution in [2.24, 2.45) is 23.9 Å². The van der Waals surface area contributed by atoms with Gasteiger partial charge in [0, 0.05) is 39.5 Å². The molecule has 24 heavy (non-hydrogen) atoms. The van der Waals surface area contributed by atoms with E-state index in [4.69, 9.17) is 0 Å². The van der Waals surface area contributed by atoms with Gasteiger partial charge in [-0.3, -0.25) is 9.67 Å². The molecule has 6 nitrogen and oxygen atoms in total. The first-order valence-electron chi connectivity index (χ1n) is 8.65. The second kappa shape index (κ2) is 13.5. The minimum absolute atomic E-state index is 0. The molecule has 1 atom stereocenters. The van der Waals surface area contributed by atoms with Gasteiger partial charge in [-0.15, -0.1) is 24.0 Å². The molecule has 0 saturated carbocycles. The van der Waals surface area contributed by atoms with E-state index in [1.54, 1.807) is 0 Å². The third-order valence-corrected chi connectivity index (χ3v) is 3.66. The smallest absolute Gasteiger partial charge is 0.191 e. The molecule has 0 spiro atoms. The quantitative estimate of drug-likeness (QED) is 0.290. The highest BCUT2D eigenvalue weighted by Crippen LogP contribution is 2.15. The maximum atomic E-state index is 9.20. The van der Waals surface area contributed by atoms with Gasteiger partial charge in [0.1, 0.15) is 0 Å². The molecule has 0 fully saturated rings. The zero-order valence-electron chi connectivity index (χ0n) is 15.5. The summed E-state index contributed by atoms with van der Waals surface area (Å²) < 4.78 is 1.82. The van der Waals surface area contributed by atoms with Crippen molar-refractivity contribution in [2.75, 3.05) is 26.2 Å². The summed E-state index contributed by atoms with van der Waals surface area (Å²) in [5.74, 6) is 1.92. The lowest BCUT2D eigenvalue weighted by Crippen LogP contribution is -2.38. The minimum Gasteiger partial charge on any atom is -0.396 e. The van der Waals surface area contributed by atoms with Gasteiger partial charge in [-0.05, 0) is 43.6 Å². The van der Waals surface area contributed by atoms with Crippen molar-refractivity contribution in [3.63, 3.8) is 0 Å². The summed E-state index contributed by atoms with van der Waals surface area (Å²) in [7, 11) is 1.93. The normalized spacial score (nSPS) is 12.8. The van der Waals surface area contributed by atoms with Crippen LogP contribution in [-0.2, 0) is 13.5 Å². The lowest BCUT2D eigenvalue weighted by Gasteiger charge is -2.17. The molecule has 0 bridgehead atoms. The zero-order chi connectivity index (χ0) is 17.1. The number of aliphatic hydroxyl groups excluding tert-OH is 1. The Labute approximate surface area is 163 Å².